The van der Waals surface area contributed by atoms with Crippen LogP contribution in [-0.4, -0.2) is 29.0 Å². The van der Waals surface area contributed by atoms with Gasteiger partial charge < -0.3 is 5.32 Å². The van der Waals surface area contributed by atoms with E-state index in [9.17, 15) is 9.18 Å². The van der Waals surface area contributed by atoms with Gasteiger partial charge in [0.25, 0.3) is 5.56 Å². The monoisotopic (exact) mass is 265 g/mol. The first kappa shape index (κ1) is 11.8. The van der Waals surface area contributed by atoms with Crippen molar-refractivity contribution in [1.82, 2.24) is 15.1 Å². The molecule has 0 aliphatic carbocycles. The molecule has 1 aromatic heterocycles. The third-order valence-corrected chi connectivity index (χ3v) is 3.34. The Kier molecular flexibility index (Phi) is 3.47. The molecule has 1 N–H and O–H groups in total. The summed E-state index contributed by atoms with van der Waals surface area (Å²) in [5.74, 6) is 0. The van der Waals surface area contributed by atoms with Gasteiger partial charge in [0.05, 0.1) is 17.3 Å². The van der Waals surface area contributed by atoms with Gasteiger partial charge >= 0.3 is 0 Å². The maximum atomic E-state index is 13.6. The lowest BCUT2D eigenvalue weighted by Crippen LogP contribution is -2.43. The summed E-state index contributed by atoms with van der Waals surface area (Å²) in [6.45, 7) is 0.873. The smallest absolute Gasteiger partial charge is 0.287 e. The summed E-state index contributed by atoms with van der Waals surface area (Å²) >= 11 is 11.4. The Bertz CT molecular complexity index is 451. The molecule has 16 heavy (non-hydrogen) atoms. The van der Waals surface area contributed by atoms with Gasteiger partial charge in [-0.2, -0.15) is 5.10 Å². The second-order valence-corrected chi connectivity index (χ2v) is 4.42. The van der Waals surface area contributed by atoms with Gasteiger partial charge in [0.15, 0.2) is 0 Å². The minimum Gasteiger partial charge on any atom is -0.314 e. The van der Waals surface area contributed by atoms with Gasteiger partial charge in [-0.3, -0.25) is 4.79 Å². The predicted octanol–water partition coefficient (Wildman–Crippen LogP) is 1.42. The van der Waals surface area contributed by atoms with Crippen molar-refractivity contribution in [1.29, 1.82) is 0 Å². The van der Waals surface area contributed by atoms with Gasteiger partial charge in [-0.05, 0) is 13.0 Å². The molecule has 1 fully saturated rings. The van der Waals surface area contributed by atoms with E-state index in [1.54, 1.807) is 0 Å². The van der Waals surface area contributed by atoms with E-state index in [0.29, 0.717) is 13.0 Å². The van der Waals surface area contributed by atoms with E-state index in [-0.39, 0.29) is 16.6 Å². The molecule has 0 spiro atoms. The molecule has 4 nitrogen and oxygen atoms in total. The van der Waals surface area contributed by atoms with Crippen LogP contribution in [0.15, 0.2) is 11.0 Å². The summed E-state index contributed by atoms with van der Waals surface area (Å²) in [6, 6.07) is -0.566. The maximum Gasteiger partial charge on any atom is 0.287 e. The molecule has 0 amide bonds. The van der Waals surface area contributed by atoms with E-state index in [1.165, 1.54) is 6.20 Å². The van der Waals surface area contributed by atoms with Crippen LogP contribution in [0.2, 0.25) is 10.0 Å². The largest absolute Gasteiger partial charge is 0.314 e. The highest BCUT2D eigenvalue weighted by Gasteiger charge is 2.28. The number of nitrogens with zero attached hydrogens (tertiary/aromatic N) is 2. The van der Waals surface area contributed by atoms with E-state index in [2.05, 4.69) is 10.4 Å². The van der Waals surface area contributed by atoms with Gasteiger partial charge in [0, 0.05) is 6.54 Å². The van der Waals surface area contributed by atoms with Crippen LogP contribution in [0.3, 0.4) is 0 Å². The summed E-state index contributed by atoms with van der Waals surface area (Å²) in [6.07, 6.45) is 0.628. The molecule has 88 valence electrons. The molecule has 2 atom stereocenters. The second-order valence-electron chi connectivity index (χ2n) is 3.63. The highest BCUT2D eigenvalue weighted by molar-refractivity contribution is 6.41. The lowest BCUT2D eigenvalue weighted by atomic mass is 10.1. The van der Waals surface area contributed by atoms with Crippen LogP contribution in [0.5, 0.6) is 0 Å². The second kappa shape index (κ2) is 4.69. The van der Waals surface area contributed by atoms with E-state index in [0.717, 1.165) is 4.68 Å². The molecule has 0 aromatic carbocycles. The highest BCUT2D eigenvalue weighted by atomic mass is 35.5. The van der Waals surface area contributed by atoms with Crippen molar-refractivity contribution in [3.8, 4) is 0 Å². The standard InChI is InChI=1S/C9H10Cl2FN3O/c10-5-3-14-15(9(16)8(5)11)7-1-2-13-4-6(7)12/h3,6-7,13H,1-2,4H2. The quantitative estimate of drug-likeness (QED) is 0.836. The minimum absolute atomic E-state index is 0.0901. The van der Waals surface area contributed by atoms with Crippen molar-refractivity contribution in [2.45, 2.75) is 18.6 Å². The maximum absolute atomic E-state index is 13.6. The molecular weight excluding hydrogens is 256 g/mol. The zero-order chi connectivity index (χ0) is 11.7. The van der Waals surface area contributed by atoms with E-state index >= 15 is 0 Å². The third kappa shape index (κ3) is 2.07. The predicted molar refractivity (Wildman–Crippen MR) is 59.9 cm³/mol. The fourth-order valence-corrected chi connectivity index (χ4v) is 2.00. The lowest BCUT2D eigenvalue weighted by Gasteiger charge is -2.27. The number of nitrogens with one attached hydrogen (secondary N) is 1. The van der Waals surface area contributed by atoms with Crippen molar-refractivity contribution in [2.24, 2.45) is 0 Å². The van der Waals surface area contributed by atoms with Crippen LogP contribution in [0, 0.1) is 0 Å². The average Bonchev–Trinajstić information content (AvgIpc) is 2.28. The van der Waals surface area contributed by atoms with Gasteiger partial charge in [0.2, 0.25) is 0 Å². The zero-order valence-corrected chi connectivity index (χ0v) is 9.80. The number of alkyl halides is 1. The van der Waals surface area contributed by atoms with Crippen molar-refractivity contribution in [3.63, 3.8) is 0 Å². The highest BCUT2D eigenvalue weighted by Crippen LogP contribution is 2.21. The summed E-state index contributed by atoms with van der Waals surface area (Å²) in [4.78, 5) is 11.7. The average molecular weight is 266 g/mol. The fourth-order valence-electron chi connectivity index (χ4n) is 1.74. The molecule has 0 saturated carbocycles. The van der Waals surface area contributed by atoms with Crippen LogP contribution in [-0.2, 0) is 0 Å². The number of rotatable bonds is 1. The first-order valence-electron chi connectivity index (χ1n) is 4.89. The molecule has 1 aliphatic rings. The number of aromatic nitrogens is 2. The van der Waals surface area contributed by atoms with Gasteiger partial charge in [-0.1, -0.05) is 23.2 Å². The molecule has 7 heteroatoms. The SMILES string of the molecule is O=c1c(Cl)c(Cl)cnn1C1CCNCC1F. The Labute approximate surface area is 101 Å². The Morgan fingerprint density at radius 1 is 1.56 bits per heavy atom. The first-order chi connectivity index (χ1) is 7.61. The third-order valence-electron chi connectivity index (χ3n) is 2.59. The Balaban J connectivity index is 2.40. The van der Waals surface area contributed by atoms with Crippen molar-refractivity contribution >= 4 is 23.2 Å². The summed E-state index contributed by atoms with van der Waals surface area (Å²) < 4.78 is 14.7. The number of hydrogen-bond donors (Lipinski definition) is 1. The fraction of sp³-hybridized carbons (Fsp3) is 0.556. The van der Waals surface area contributed by atoms with Crippen molar-refractivity contribution in [3.05, 3.63) is 26.6 Å². The summed E-state index contributed by atoms with van der Waals surface area (Å²) in [5, 5.41) is 6.72. The molecule has 0 radical (unpaired) electrons. The van der Waals surface area contributed by atoms with Crippen LogP contribution in [0.4, 0.5) is 4.39 Å². The normalized spacial score (nSPS) is 25.7. The summed E-state index contributed by atoms with van der Waals surface area (Å²) in [7, 11) is 0. The number of hydrogen-bond acceptors (Lipinski definition) is 3. The van der Waals surface area contributed by atoms with Crippen LogP contribution in [0.1, 0.15) is 12.5 Å². The molecule has 2 rings (SSSR count). The van der Waals surface area contributed by atoms with Crippen molar-refractivity contribution < 1.29 is 4.39 Å². The van der Waals surface area contributed by atoms with E-state index in [4.69, 9.17) is 23.2 Å². The van der Waals surface area contributed by atoms with Gasteiger partial charge in [0.1, 0.15) is 11.2 Å². The van der Waals surface area contributed by atoms with Crippen LogP contribution in [0.25, 0.3) is 0 Å². The molecule has 1 aliphatic heterocycles. The lowest BCUT2D eigenvalue weighted by molar-refractivity contribution is 0.168. The van der Waals surface area contributed by atoms with Gasteiger partial charge in [-0.15, -0.1) is 0 Å². The number of piperidine rings is 1. The molecule has 1 aromatic rings. The first-order valence-corrected chi connectivity index (χ1v) is 5.64. The van der Waals surface area contributed by atoms with Gasteiger partial charge in [-0.25, -0.2) is 9.07 Å². The van der Waals surface area contributed by atoms with Crippen LogP contribution >= 0.6 is 23.2 Å². The Morgan fingerprint density at radius 3 is 3.00 bits per heavy atom. The van der Waals surface area contributed by atoms with Crippen molar-refractivity contribution in [2.75, 3.05) is 13.1 Å². The van der Waals surface area contributed by atoms with E-state index < -0.39 is 17.8 Å². The van der Waals surface area contributed by atoms with E-state index in [1.807, 2.05) is 0 Å². The topological polar surface area (TPSA) is 46.9 Å². The zero-order valence-electron chi connectivity index (χ0n) is 8.29. The number of halogens is 3. The Morgan fingerprint density at radius 2 is 2.31 bits per heavy atom. The summed E-state index contributed by atoms with van der Waals surface area (Å²) in [5.41, 5.74) is -0.538. The molecule has 2 unspecified atom stereocenters. The minimum atomic E-state index is -1.14. The molecule has 2 heterocycles. The molecular formula is C9H10Cl2FN3O. The Hall–Kier alpha value is -0.650. The molecule has 0 bridgehead atoms. The molecule has 1 saturated heterocycles. The van der Waals surface area contributed by atoms with Crippen LogP contribution < -0.4 is 10.9 Å².